The Morgan fingerprint density at radius 2 is 1.89 bits per heavy atom. The van der Waals surface area contributed by atoms with Crippen molar-refractivity contribution < 1.29 is 4.74 Å². The number of benzene rings is 2. The lowest BCUT2D eigenvalue weighted by Crippen LogP contribution is -2.46. The molecule has 0 aliphatic carbocycles. The molecule has 0 bridgehead atoms. The topological polar surface area (TPSA) is 41.5 Å². The summed E-state index contributed by atoms with van der Waals surface area (Å²) in [5, 5.41) is 5.11. The second kappa shape index (κ2) is 8.25. The molecule has 1 fully saturated rings. The van der Waals surface area contributed by atoms with E-state index in [0.717, 1.165) is 59.6 Å². The van der Waals surface area contributed by atoms with Crippen LogP contribution in [0.25, 0.3) is 10.4 Å². The average Bonchev–Trinajstić information content (AvgIpc) is 3.17. The molecule has 5 nitrogen and oxygen atoms in total. The largest absolute Gasteiger partial charge is 0.497 e. The summed E-state index contributed by atoms with van der Waals surface area (Å²) in [5.74, 6) is 0.896. The first-order valence-corrected chi connectivity index (χ1v) is 10.1. The maximum absolute atomic E-state index is 6.36. The lowest BCUT2D eigenvalue weighted by Gasteiger charge is -2.36. The van der Waals surface area contributed by atoms with E-state index in [0.29, 0.717) is 0 Å². The number of nitrogens with zero attached hydrogens (tertiary/aromatic N) is 4. The van der Waals surface area contributed by atoms with Crippen molar-refractivity contribution in [3.63, 3.8) is 0 Å². The summed E-state index contributed by atoms with van der Waals surface area (Å²) < 4.78 is 9.51. The minimum Gasteiger partial charge on any atom is -0.497 e. The summed E-state index contributed by atoms with van der Waals surface area (Å²) in [6.45, 7) is 4.72. The number of hydrogen-bond donors (Lipinski definition) is 0. The van der Waals surface area contributed by atoms with Gasteiger partial charge in [0.1, 0.15) is 5.75 Å². The zero-order chi connectivity index (χ0) is 18.6. The SMILES string of the molecule is COc1cccc(N2CCN(Cc3nnsc3-c3ccccc3Cl)CC2)c1. The molecule has 0 atom stereocenters. The molecule has 2 heterocycles. The fourth-order valence-electron chi connectivity index (χ4n) is 3.35. The standard InChI is InChI=1S/C20H21ClN4OS/c1-26-16-6-4-5-15(13-16)25-11-9-24(10-12-25)14-19-20(27-23-22-19)17-7-2-3-8-18(17)21/h2-8,13H,9-12,14H2,1H3. The predicted octanol–water partition coefficient (Wildman–Crippen LogP) is 4.19. The minimum atomic E-state index is 0.743. The fraction of sp³-hybridized carbons (Fsp3) is 0.300. The van der Waals surface area contributed by atoms with Crippen molar-refractivity contribution in [3.8, 4) is 16.2 Å². The molecular formula is C20H21ClN4OS. The van der Waals surface area contributed by atoms with Crippen LogP contribution in [0.2, 0.25) is 5.02 Å². The molecule has 1 aromatic heterocycles. The van der Waals surface area contributed by atoms with E-state index in [1.165, 1.54) is 17.2 Å². The highest BCUT2D eigenvalue weighted by atomic mass is 35.5. The summed E-state index contributed by atoms with van der Waals surface area (Å²) in [5.41, 5.74) is 3.23. The van der Waals surface area contributed by atoms with Crippen LogP contribution in [0.4, 0.5) is 5.69 Å². The molecule has 140 valence electrons. The van der Waals surface area contributed by atoms with Crippen molar-refractivity contribution >= 4 is 28.8 Å². The maximum Gasteiger partial charge on any atom is 0.120 e. The van der Waals surface area contributed by atoms with Gasteiger partial charge >= 0.3 is 0 Å². The predicted molar refractivity (Wildman–Crippen MR) is 111 cm³/mol. The monoisotopic (exact) mass is 400 g/mol. The second-order valence-corrected chi connectivity index (χ2v) is 7.65. The van der Waals surface area contributed by atoms with Gasteiger partial charge in [-0.2, -0.15) is 0 Å². The molecule has 1 aliphatic heterocycles. The number of anilines is 1. The summed E-state index contributed by atoms with van der Waals surface area (Å²) >= 11 is 7.77. The molecule has 27 heavy (non-hydrogen) atoms. The molecule has 0 saturated carbocycles. The van der Waals surface area contributed by atoms with E-state index >= 15 is 0 Å². The second-order valence-electron chi connectivity index (χ2n) is 6.49. The normalized spacial score (nSPS) is 15.1. The summed E-state index contributed by atoms with van der Waals surface area (Å²) in [4.78, 5) is 5.89. The molecule has 7 heteroatoms. The Morgan fingerprint density at radius 3 is 2.67 bits per heavy atom. The lowest BCUT2D eigenvalue weighted by atomic mass is 10.1. The average molecular weight is 401 g/mol. The molecule has 2 aromatic carbocycles. The number of hydrogen-bond acceptors (Lipinski definition) is 6. The van der Waals surface area contributed by atoms with E-state index in [-0.39, 0.29) is 0 Å². The lowest BCUT2D eigenvalue weighted by molar-refractivity contribution is 0.247. The number of halogens is 1. The fourth-order valence-corrected chi connectivity index (χ4v) is 4.34. The van der Waals surface area contributed by atoms with E-state index in [1.807, 2.05) is 36.4 Å². The quantitative estimate of drug-likeness (QED) is 0.642. The number of piperazine rings is 1. The Morgan fingerprint density at radius 1 is 1.07 bits per heavy atom. The van der Waals surface area contributed by atoms with Gasteiger partial charge in [-0.1, -0.05) is 40.4 Å². The molecule has 0 amide bonds. The van der Waals surface area contributed by atoms with E-state index in [2.05, 4.69) is 31.5 Å². The van der Waals surface area contributed by atoms with Gasteiger partial charge in [0.25, 0.3) is 0 Å². The van der Waals surface area contributed by atoms with E-state index in [4.69, 9.17) is 16.3 Å². The third kappa shape index (κ3) is 4.08. The van der Waals surface area contributed by atoms with Gasteiger partial charge in [-0.25, -0.2) is 0 Å². The maximum atomic E-state index is 6.36. The van der Waals surface area contributed by atoms with Gasteiger partial charge in [-0.15, -0.1) is 5.10 Å². The van der Waals surface area contributed by atoms with E-state index in [1.54, 1.807) is 7.11 Å². The summed E-state index contributed by atoms with van der Waals surface area (Å²) in [6.07, 6.45) is 0. The van der Waals surface area contributed by atoms with Crippen molar-refractivity contribution in [1.82, 2.24) is 14.5 Å². The highest BCUT2D eigenvalue weighted by molar-refractivity contribution is 7.09. The van der Waals surface area contributed by atoms with Crippen molar-refractivity contribution in [1.29, 1.82) is 0 Å². The number of aromatic nitrogens is 2. The number of rotatable bonds is 5. The van der Waals surface area contributed by atoms with Gasteiger partial charge in [0.15, 0.2) is 0 Å². The van der Waals surface area contributed by atoms with Crippen LogP contribution in [0.1, 0.15) is 5.69 Å². The van der Waals surface area contributed by atoms with Crippen LogP contribution in [0.15, 0.2) is 48.5 Å². The van der Waals surface area contributed by atoms with Gasteiger partial charge in [-0.05, 0) is 29.7 Å². The first-order valence-electron chi connectivity index (χ1n) is 8.92. The van der Waals surface area contributed by atoms with Crippen molar-refractivity contribution in [2.75, 3.05) is 38.2 Å². The third-order valence-corrected chi connectivity index (χ3v) is 5.97. The van der Waals surface area contributed by atoms with Gasteiger partial charge in [0.2, 0.25) is 0 Å². The first-order chi connectivity index (χ1) is 13.2. The highest BCUT2D eigenvalue weighted by Crippen LogP contribution is 2.33. The smallest absolute Gasteiger partial charge is 0.120 e. The Bertz CT molecular complexity index is 908. The minimum absolute atomic E-state index is 0.743. The molecule has 0 unspecified atom stereocenters. The Hall–Kier alpha value is -2.15. The van der Waals surface area contributed by atoms with Crippen molar-refractivity contribution in [2.24, 2.45) is 0 Å². The van der Waals surface area contributed by atoms with Crippen LogP contribution in [0, 0.1) is 0 Å². The molecule has 1 saturated heterocycles. The van der Waals surface area contributed by atoms with Crippen molar-refractivity contribution in [2.45, 2.75) is 6.54 Å². The summed E-state index contributed by atoms with van der Waals surface area (Å²) in [7, 11) is 1.70. The van der Waals surface area contributed by atoms with E-state index < -0.39 is 0 Å². The molecule has 4 rings (SSSR count). The number of methoxy groups -OCH3 is 1. The van der Waals surface area contributed by atoms with Gasteiger partial charge in [0.05, 0.1) is 17.7 Å². The molecule has 1 aliphatic rings. The van der Waals surface area contributed by atoms with Crippen LogP contribution in [-0.2, 0) is 6.54 Å². The van der Waals surface area contributed by atoms with Crippen LogP contribution in [-0.4, -0.2) is 47.8 Å². The molecule has 0 N–H and O–H groups in total. The Labute approximate surface area is 168 Å². The zero-order valence-electron chi connectivity index (χ0n) is 15.1. The first kappa shape index (κ1) is 18.2. The van der Waals surface area contributed by atoms with E-state index in [9.17, 15) is 0 Å². The van der Waals surface area contributed by atoms with Crippen molar-refractivity contribution in [3.05, 3.63) is 59.2 Å². The summed E-state index contributed by atoms with van der Waals surface area (Å²) in [6, 6.07) is 16.1. The molecular weight excluding hydrogens is 380 g/mol. The van der Waals surface area contributed by atoms with Gasteiger partial charge < -0.3 is 9.64 Å². The molecule has 0 radical (unpaired) electrons. The Balaban J connectivity index is 1.42. The van der Waals surface area contributed by atoms with Crippen LogP contribution < -0.4 is 9.64 Å². The zero-order valence-corrected chi connectivity index (χ0v) is 16.7. The highest BCUT2D eigenvalue weighted by Gasteiger charge is 2.21. The van der Waals surface area contributed by atoms with Crippen LogP contribution in [0.3, 0.4) is 0 Å². The van der Waals surface area contributed by atoms with Gasteiger partial charge in [-0.3, -0.25) is 4.90 Å². The molecule has 3 aromatic rings. The third-order valence-electron chi connectivity index (χ3n) is 4.84. The molecule has 0 spiro atoms. The number of ether oxygens (including phenoxy) is 1. The Kier molecular flexibility index (Phi) is 5.57. The van der Waals surface area contributed by atoms with Crippen LogP contribution >= 0.6 is 23.1 Å². The van der Waals surface area contributed by atoms with Crippen LogP contribution in [0.5, 0.6) is 5.75 Å². The van der Waals surface area contributed by atoms with Gasteiger partial charge in [0, 0.05) is 55.1 Å².